The fraction of sp³-hybridized carbons (Fsp3) is 0.429. The number of nitrogens with two attached hydrogens (primary N) is 1. The van der Waals surface area contributed by atoms with E-state index < -0.39 is 34.2 Å². The average Bonchev–Trinajstić information content (AvgIpc) is 3.30. The Labute approximate surface area is 213 Å². The number of hydrogen-bond acceptors (Lipinski definition) is 9. The third kappa shape index (κ3) is 11.5. The number of nitrogens with zero attached hydrogens (tertiary/aromatic N) is 1. The maximum absolute atomic E-state index is 12.9. The summed E-state index contributed by atoms with van der Waals surface area (Å²) in [5.74, 6) is -0.975. The summed E-state index contributed by atoms with van der Waals surface area (Å²) in [7, 11) is -2.30. The standard InChI is InChI=1S/C21H30N6O7S2/c1-33-12-11-23-18(28)17-14-35-20(25-17)27-19(29)16(9-5-6-10-24-36(22,31)32)26-21(30)34-13-15-7-3-2-4-8-15/h2-4,7-8,14,16,24H,5-6,9-13H2,1H3,(H,23,28)(H,26,30)(H2,22,31,32)(H,25,27,29)/t16-/m0/s1. The summed E-state index contributed by atoms with van der Waals surface area (Å²) in [6.45, 7) is 0.763. The van der Waals surface area contributed by atoms with E-state index in [2.05, 4.69) is 25.7 Å². The molecule has 36 heavy (non-hydrogen) atoms. The molecule has 1 heterocycles. The molecule has 0 fully saturated rings. The van der Waals surface area contributed by atoms with Gasteiger partial charge in [0.1, 0.15) is 18.3 Å². The molecular weight excluding hydrogens is 512 g/mol. The van der Waals surface area contributed by atoms with Gasteiger partial charge in [-0.1, -0.05) is 30.3 Å². The first kappa shape index (κ1) is 29.1. The second-order valence-electron chi connectivity index (χ2n) is 7.47. The first-order valence-corrected chi connectivity index (χ1v) is 13.4. The van der Waals surface area contributed by atoms with E-state index in [9.17, 15) is 22.8 Å². The molecule has 3 amide bonds. The zero-order chi connectivity index (χ0) is 26.4. The summed E-state index contributed by atoms with van der Waals surface area (Å²) in [6.07, 6.45) is 0.169. The monoisotopic (exact) mass is 542 g/mol. The molecule has 1 atom stereocenters. The van der Waals surface area contributed by atoms with Crippen LogP contribution in [0.15, 0.2) is 35.7 Å². The molecule has 2 aromatic rings. The minimum atomic E-state index is -3.81. The Morgan fingerprint density at radius 1 is 1.14 bits per heavy atom. The highest BCUT2D eigenvalue weighted by atomic mass is 32.2. The van der Waals surface area contributed by atoms with Gasteiger partial charge in [0, 0.05) is 25.6 Å². The fourth-order valence-corrected chi connectivity index (χ4v) is 3.97. The Kier molecular flexibility index (Phi) is 12.2. The maximum Gasteiger partial charge on any atom is 0.408 e. The molecular formula is C21H30N6O7S2. The van der Waals surface area contributed by atoms with Gasteiger partial charge in [-0.25, -0.2) is 19.6 Å². The fourth-order valence-electron chi connectivity index (χ4n) is 2.85. The summed E-state index contributed by atoms with van der Waals surface area (Å²) in [6, 6.07) is 8.04. The molecule has 0 spiro atoms. The zero-order valence-corrected chi connectivity index (χ0v) is 21.3. The van der Waals surface area contributed by atoms with Crippen molar-refractivity contribution < 1.29 is 32.3 Å². The van der Waals surface area contributed by atoms with E-state index >= 15 is 0 Å². The van der Waals surface area contributed by atoms with Crippen molar-refractivity contribution in [1.29, 1.82) is 0 Å². The second-order valence-corrected chi connectivity index (χ2v) is 9.71. The van der Waals surface area contributed by atoms with Crippen molar-refractivity contribution in [3.05, 3.63) is 47.0 Å². The van der Waals surface area contributed by atoms with Crippen LogP contribution in [0.3, 0.4) is 0 Å². The van der Waals surface area contributed by atoms with E-state index in [1.807, 2.05) is 18.2 Å². The van der Waals surface area contributed by atoms with E-state index in [-0.39, 0.29) is 30.4 Å². The second kappa shape index (κ2) is 15.1. The number of nitrogens with one attached hydrogen (secondary N) is 4. The number of aromatic nitrogens is 1. The molecule has 15 heteroatoms. The van der Waals surface area contributed by atoms with Crippen molar-refractivity contribution in [2.24, 2.45) is 5.14 Å². The lowest BCUT2D eigenvalue weighted by molar-refractivity contribution is -0.118. The quantitative estimate of drug-likeness (QED) is 0.203. The number of carbonyl (C=O) groups is 3. The molecule has 0 saturated heterocycles. The smallest absolute Gasteiger partial charge is 0.408 e. The van der Waals surface area contributed by atoms with Crippen molar-refractivity contribution in [2.75, 3.05) is 32.1 Å². The summed E-state index contributed by atoms with van der Waals surface area (Å²) < 4.78 is 34.2. The predicted molar refractivity (Wildman–Crippen MR) is 133 cm³/mol. The van der Waals surface area contributed by atoms with Crippen LogP contribution < -0.4 is 25.8 Å². The maximum atomic E-state index is 12.9. The highest BCUT2D eigenvalue weighted by Gasteiger charge is 2.23. The number of methoxy groups -OCH3 is 1. The normalized spacial score (nSPS) is 11.9. The molecule has 198 valence electrons. The Bertz CT molecular complexity index is 1100. The summed E-state index contributed by atoms with van der Waals surface area (Å²) in [5.41, 5.74) is 0.911. The van der Waals surface area contributed by atoms with Gasteiger partial charge in [0.05, 0.1) is 6.61 Å². The van der Waals surface area contributed by atoms with Crippen LogP contribution in [-0.4, -0.2) is 64.2 Å². The summed E-state index contributed by atoms with van der Waals surface area (Å²) in [5, 5.41) is 14.3. The average molecular weight is 543 g/mol. The Morgan fingerprint density at radius 2 is 1.89 bits per heavy atom. The molecule has 2 rings (SSSR count). The van der Waals surface area contributed by atoms with E-state index in [1.165, 1.54) is 12.5 Å². The molecule has 1 aromatic heterocycles. The van der Waals surface area contributed by atoms with Crippen LogP contribution >= 0.6 is 11.3 Å². The molecule has 0 bridgehead atoms. The Balaban J connectivity index is 1.95. The van der Waals surface area contributed by atoms with Gasteiger partial charge < -0.3 is 25.4 Å². The van der Waals surface area contributed by atoms with Crippen LogP contribution in [-0.2, 0) is 31.1 Å². The van der Waals surface area contributed by atoms with Gasteiger partial charge in [0.2, 0.25) is 5.91 Å². The van der Waals surface area contributed by atoms with Crippen molar-refractivity contribution >= 4 is 44.6 Å². The lowest BCUT2D eigenvalue weighted by atomic mass is 10.1. The number of amides is 3. The summed E-state index contributed by atoms with van der Waals surface area (Å²) in [4.78, 5) is 41.4. The van der Waals surface area contributed by atoms with Gasteiger partial charge in [-0.3, -0.25) is 9.59 Å². The molecule has 0 saturated carbocycles. The van der Waals surface area contributed by atoms with Gasteiger partial charge in [-0.05, 0) is 24.8 Å². The van der Waals surface area contributed by atoms with Crippen LogP contribution in [0.5, 0.6) is 0 Å². The SMILES string of the molecule is COCCNC(=O)c1csc(NC(=O)[C@H](CCCCNS(N)(=O)=O)NC(=O)OCc2ccccc2)n1. The van der Waals surface area contributed by atoms with Crippen molar-refractivity contribution in [2.45, 2.75) is 31.9 Å². The molecule has 0 aliphatic carbocycles. The molecule has 0 unspecified atom stereocenters. The number of anilines is 1. The zero-order valence-electron chi connectivity index (χ0n) is 19.7. The van der Waals surface area contributed by atoms with Gasteiger partial charge in [0.15, 0.2) is 5.13 Å². The molecule has 1 aromatic carbocycles. The van der Waals surface area contributed by atoms with Crippen molar-refractivity contribution in [3.8, 4) is 0 Å². The van der Waals surface area contributed by atoms with E-state index in [1.54, 1.807) is 12.1 Å². The number of alkyl carbamates (subject to hydrolysis) is 1. The summed E-state index contributed by atoms with van der Waals surface area (Å²) >= 11 is 1.05. The molecule has 0 radical (unpaired) electrons. The van der Waals surface area contributed by atoms with Gasteiger partial charge in [-0.15, -0.1) is 11.3 Å². The van der Waals surface area contributed by atoms with E-state index in [0.29, 0.717) is 26.0 Å². The highest BCUT2D eigenvalue weighted by Crippen LogP contribution is 2.16. The molecule has 6 N–H and O–H groups in total. The highest BCUT2D eigenvalue weighted by molar-refractivity contribution is 7.87. The van der Waals surface area contributed by atoms with Crippen molar-refractivity contribution in [3.63, 3.8) is 0 Å². The van der Waals surface area contributed by atoms with E-state index in [0.717, 1.165) is 16.9 Å². The topological polar surface area (TPSA) is 191 Å². The van der Waals surface area contributed by atoms with E-state index in [4.69, 9.17) is 14.6 Å². The number of rotatable bonds is 15. The number of unbranched alkanes of at least 4 members (excludes halogenated alkanes) is 1. The molecule has 0 aliphatic rings. The number of carbonyl (C=O) groups excluding carboxylic acids is 3. The largest absolute Gasteiger partial charge is 0.445 e. The molecule has 0 aliphatic heterocycles. The minimum Gasteiger partial charge on any atom is -0.445 e. The first-order valence-electron chi connectivity index (χ1n) is 11.0. The third-order valence-corrected chi connectivity index (χ3v) is 5.97. The number of thiazole rings is 1. The lowest BCUT2D eigenvalue weighted by Crippen LogP contribution is -2.44. The Hall–Kier alpha value is -3.11. The van der Waals surface area contributed by atoms with Gasteiger partial charge in [-0.2, -0.15) is 8.42 Å². The van der Waals surface area contributed by atoms with Crippen LogP contribution in [0.1, 0.15) is 35.3 Å². The molecule has 13 nitrogen and oxygen atoms in total. The van der Waals surface area contributed by atoms with Crippen LogP contribution in [0, 0.1) is 0 Å². The Morgan fingerprint density at radius 3 is 2.58 bits per heavy atom. The first-order chi connectivity index (χ1) is 17.2. The number of hydrogen-bond donors (Lipinski definition) is 5. The number of ether oxygens (including phenoxy) is 2. The van der Waals surface area contributed by atoms with Gasteiger partial charge >= 0.3 is 6.09 Å². The van der Waals surface area contributed by atoms with Gasteiger partial charge in [0.25, 0.3) is 16.1 Å². The lowest BCUT2D eigenvalue weighted by Gasteiger charge is -2.17. The van der Waals surface area contributed by atoms with Crippen LogP contribution in [0.4, 0.5) is 9.93 Å². The number of benzene rings is 1. The van der Waals surface area contributed by atoms with Crippen LogP contribution in [0.2, 0.25) is 0 Å². The van der Waals surface area contributed by atoms with Crippen molar-refractivity contribution in [1.82, 2.24) is 20.3 Å². The van der Waals surface area contributed by atoms with Crippen LogP contribution in [0.25, 0.3) is 0 Å². The predicted octanol–water partition coefficient (Wildman–Crippen LogP) is 0.716. The minimum absolute atomic E-state index is 0.0211. The third-order valence-electron chi connectivity index (χ3n) is 4.60.